The van der Waals surface area contributed by atoms with Crippen molar-refractivity contribution >= 4 is 17.3 Å². The van der Waals surface area contributed by atoms with Gasteiger partial charge in [0.15, 0.2) is 5.96 Å². The first kappa shape index (κ1) is 19.4. The molecule has 2 unspecified atom stereocenters. The highest BCUT2D eigenvalue weighted by atomic mass is 32.1. The van der Waals surface area contributed by atoms with Gasteiger partial charge in [-0.25, -0.2) is 0 Å². The lowest BCUT2D eigenvalue weighted by Gasteiger charge is -2.36. The number of aromatic nitrogens is 2. The lowest BCUT2D eigenvalue weighted by atomic mass is 10.1. The van der Waals surface area contributed by atoms with E-state index in [-0.39, 0.29) is 6.10 Å². The fraction of sp³-hybridized carbons (Fsp3) is 0.600. The number of hydrogen-bond acceptors (Lipinski definition) is 5. The minimum Gasteiger partial charge on any atom is -0.370 e. The first-order chi connectivity index (χ1) is 13.6. The number of guanidine groups is 1. The zero-order valence-electron chi connectivity index (χ0n) is 17.0. The number of aryl methyl sites for hydroxylation is 1. The van der Waals surface area contributed by atoms with Gasteiger partial charge in [-0.2, -0.15) is 5.10 Å². The van der Waals surface area contributed by atoms with Crippen molar-refractivity contribution in [2.75, 3.05) is 39.8 Å². The van der Waals surface area contributed by atoms with Gasteiger partial charge in [-0.15, -0.1) is 11.3 Å². The highest BCUT2D eigenvalue weighted by Gasteiger charge is 2.26. The van der Waals surface area contributed by atoms with Gasteiger partial charge in [0, 0.05) is 63.0 Å². The van der Waals surface area contributed by atoms with Crippen molar-refractivity contribution in [3.8, 4) is 0 Å². The normalized spacial score (nSPS) is 22.2. The van der Waals surface area contributed by atoms with Crippen molar-refractivity contribution in [1.29, 1.82) is 0 Å². The fourth-order valence-electron chi connectivity index (χ4n) is 4.00. The molecule has 1 saturated heterocycles. The maximum Gasteiger partial charge on any atom is 0.193 e. The van der Waals surface area contributed by atoms with Crippen LogP contribution < -0.4 is 5.32 Å². The molecule has 0 spiro atoms. The molecule has 0 aliphatic carbocycles. The van der Waals surface area contributed by atoms with Gasteiger partial charge in [-0.3, -0.25) is 14.6 Å². The van der Waals surface area contributed by atoms with Crippen molar-refractivity contribution in [1.82, 2.24) is 24.9 Å². The van der Waals surface area contributed by atoms with Crippen LogP contribution in [0.2, 0.25) is 0 Å². The van der Waals surface area contributed by atoms with E-state index in [2.05, 4.69) is 43.6 Å². The Kier molecular flexibility index (Phi) is 5.99. The Morgan fingerprint density at radius 1 is 1.46 bits per heavy atom. The number of morpholine rings is 1. The van der Waals surface area contributed by atoms with Crippen LogP contribution in [0.5, 0.6) is 0 Å². The van der Waals surface area contributed by atoms with Gasteiger partial charge in [0.05, 0.1) is 19.3 Å². The molecule has 2 aromatic rings. The van der Waals surface area contributed by atoms with Gasteiger partial charge in [-0.1, -0.05) is 0 Å². The molecule has 2 aliphatic rings. The lowest BCUT2D eigenvalue weighted by Crippen LogP contribution is -2.51. The molecular formula is C20H30N6OS. The van der Waals surface area contributed by atoms with E-state index in [0.717, 1.165) is 44.2 Å². The Morgan fingerprint density at radius 2 is 2.36 bits per heavy atom. The van der Waals surface area contributed by atoms with Gasteiger partial charge in [0.25, 0.3) is 0 Å². The lowest BCUT2D eigenvalue weighted by molar-refractivity contribution is -0.00813. The Bertz CT molecular complexity index is 815. The molecule has 0 bridgehead atoms. The third-order valence-electron chi connectivity index (χ3n) is 5.69. The summed E-state index contributed by atoms with van der Waals surface area (Å²) in [6.45, 7) is 7.73. The number of hydrogen-bond donors (Lipinski definition) is 1. The summed E-state index contributed by atoms with van der Waals surface area (Å²) in [5.41, 5.74) is 2.62. The second-order valence-corrected chi connectivity index (χ2v) is 8.62. The van der Waals surface area contributed by atoms with E-state index >= 15 is 0 Å². The van der Waals surface area contributed by atoms with Gasteiger partial charge >= 0.3 is 0 Å². The van der Waals surface area contributed by atoms with Crippen LogP contribution >= 0.6 is 11.3 Å². The first-order valence-electron chi connectivity index (χ1n) is 9.99. The highest BCUT2D eigenvalue weighted by molar-refractivity contribution is 7.10. The van der Waals surface area contributed by atoms with Crippen molar-refractivity contribution in [2.45, 2.75) is 32.0 Å². The van der Waals surface area contributed by atoms with Gasteiger partial charge < -0.3 is 15.0 Å². The molecule has 152 valence electrons. The van der Waals surface area contributed by atoms with Crippen LogP contribution in [0.25, 0.3) is 0 Å². The highest BCUT2D eigenvalue weighted by Crippen LogP contribution is 2.25. The van der Waals surface area contributed by atoms with E-state index in [1.54, 1.807) is 4.88 Å². The molecule has 0 radical (unpaired) electrons. The molecule has 0 aromatic carbocycles. The zero-order chi connectivity index (χ0) is 19.5. The molecule has 2 aromatic heterocycles. The van der Waals surface area contributed by atoms with Crippen LogP contribution in [-0.2, 0) is 24.8 Å². The number of rotatable bonds is 4. The van der Waals surface area contributed by atoms with E-state index in [0.29, 0.717) is 12.6 Å². The van der Waals surface area contributed by atoms with E-state index in [1.807, 2.05) is 42.5 Å². The molecule has 0 saturated carbocycles. The van der Waals surface area contributed by atoms with Crippen LogP contribution in [0, 0.1) is 0 Å². The summed E-state index contributed by atoms with van der Waals surface area (Å²) in [4.78, 5) is 10.9. The Labute approximate surface area is 171 Å². The average molecular weight is 403 g/mol. The van der Waals surface area contributed by atoms with Crippen molar-refractivity contribution in [2.24, 2.45) is 12.0 Å². The minimum absolute atomic E-state index is 0.0394. The van der Waals surface area contributed by atoms with E-state index in [9.17, 15) is 0 Å². The van der Waals surface area contributed by atoms with E-state index < -0.39 is 0 Å². The molecule has 2 atom stereocenters. The maximum absolute atomic E-state index is 5.96. The zero-order valence-corrected chi connectivity index (χ0v) is 17.8. The van der Waals surface area contributed by atoms with Crippen molar-refractivity contribution in [3.63, 3.8) is 0 Å². The van der Waals surface area contributed by atoms with Crippen LogP contribution in [0.1, 0.15) is 29.0 Å². The molecular weight excluding hydrogens is 372 g/mol. The Balaban J connectivity index is 1.32. The third-order valence-corrected chi connectivity index (χ3v) is 6.71. The number of ether oxygens (including phenoxy) is 1. The van der Waals surface area contributed by atoms with E-state index in [4.69, 9.17) is 4.74 Å². The first-order valence-corrected chi connectivity index (χ1v) is 10.9. The SMILES string of the molecule is CN=C(NCC(C)N1CCc2sccc2C1)N1CCOC(c2cnn(C)c2)C1. The minimum atomic E-state index is 0.0394. The third kappa shape index (κ3) is 4.24. The number of nitrogens with zero attached hydrogens (tertiary/aromatic N) is 5. The standard InChI is InChI=1S/C20H30N6OS/c1-15(25-6-4-19-16(13-25)5-9-28-19)10-22-20(21-2)26-7-8-27-18(14-26)17-11-23-24(3)12-17/h5,9,11-12,15,18H,4,6-8,10,13-14H2,1-3H3,(H,21,22). The Morgan fingerprint density at radius 3 is 3.14 bits per heavy atom. The van der Waals surface area contributed by atoms with Gasteiger partial charge in [0.1, 0.15) is 6.10 Å². The smallest absolute Gasteiger partial charge is 0.193 e. The summed E-state index contributed by atoms with van der Waals surface area (Å²) < 4.78 is 7.79. The summed E-state index contributed by atoms with van der Waals surface area (Å²) >= 11 is 1.89. The fourth-order valence-corrected chi connectivity index (χ4v) is 4.89. The number of aliphatic imine (C=N–C) groups is 1. The van der Waals surface area contributed by atoms with Crippen molar-refractivity contribution < 1.29 is 4.74 Å². The second-order valence-electron chi connectivity index (χ2n) is 7.62. The summed E-state index contributed by atoms with van der Waals surface area (Å²) in [5, 5.41) is 10.1. The quantitative estimate of drug-likeness (QED) is 0.625. The summed E-state index contributed by atoms with van der Waals surface area (Å²) in [7, 11) is 3.80. The maximum atomic E-state index is 5.96. The molecule has 0 amide bonds. The number of thiophene rings is 1. The van der Waals surface area contributed by atoms with Crippen LogP contribution in [0.15, 0.2) is 28.8 Å². The molecule has 4 heterocycles. The summed E-state index contributed by atoms with van der Waals surface area (Å²) in [6, 6.07) is 2.73. The molecule has 1 fully saturated rings. The predicted molar refractivity (Wildman–Crippen MR) is 113 cm³/mol. The number of fused-ring (bicyclic) bond motifs is 1. The van der Waals surface area contributed by atoms with Gasteiger partial charge in [-0.05, 0) is 30.4 Å². The average Bonchev–Trinajstić information content (AvgIpc) is 3.36. The molecule has 8 heteroatoms. The van der Waals surface area contributed by atoms with Crippen LogP contribution in [-0.4, -0.2) is 71.4 Å². The largest absolute Gasteiger partial charge is 0.370 e. The molecule has 28 heavy (non-hydrogen) atoms. The topological polar surface area (TPSA) is 57.9 Å². The van der Waals surface area contributed by atoms with Gasteiger partial charge in [0.2, 0.25) is 0 Å². The summed E-state index contributed by atoms with van der Waals surface area (Å²) in [6.07, 6.45) is 5.13. The van der Waals surface area contributed by atoms with Crippen LogP contribution in [0.4, 0.5) is 0 Å². The monoisotopic (exact) mass is 402 g/mol. The van der Waals surface area contributed by atoms with Crippen molar-refractivity contribution in [3.05, 3.63) is 39.8 Å². The predicted octanol–water partition coefficient (Wildman–Crippen LogP) is 1.88. The Hall–Kier alpha value is -1.90. The second kappa shape index (κ2) is 8.63. The summed E-state index contributed by atoms with van der Waals surface area (Å²) in [5.74, 6) is 0.956. The molecule has 4 rings (SSSR count). The number of nitrogens with one attached hydrogen (secondary N) is 1. The molecule has 2 aliphatic heterocycles. The molecule has 7 nitrogen and oxygen atoms in total. The van der Waals surface area contributed by atoms with E-state index in [1.165, 1.54) is 12.0 Å². The van der Waals surface area contributed by atoms with Crippen LogP contribution in [0.3, 0.4) is 0 Å². The molecule has 1 N–H and O–H groups in total.